The molecule has 0 amide bonds. The Bertz CT molecular complexity index is 366. The lowest BCUT2D eigenvalue weighted by atomic mass is 10.4. The molecule has 0 fully saturated rings. The lowest BCUT2D eigenvalue weighted by molar-refractivity contribution is 0.421. The van der Waals surface area contributed by atoms with Crippen LogP contribution in [-0.4, -0.2) is 26.9 Å². The molecular weight excluding hydrogens is 170 g/mol. The second-order valence-corrected chi connectivity index (χ2v) is 2.52. The minimum absolute atomic E-state index is 0.445. The van der Waals surface area contributed by atoms with Crippen molar-refractivity contribution in [3.63, 3.8) is 0 Å². The van der Waals surface area contributed by atoms with Crippen LogP contribution in [0.2, 0.25) is 0 Å². The van der Waals surface area contributed by atoms with Gasteiger partial charge in [0.1, 0.15) is 5.69 Å². The highest BCUT2D eigenvalue weighted by Crippen LogP contribution is 2.12. The van der Waals surface area contributed by atoms with E-state index in [4.69, 9.17) is 10.3 Å². The number of hydrogen-bond donors (Lipinski definition) is 2. The summed E-state index contributed by atoms with van der Waals surface area (Å²) in [6, 6.07) is 1.76. The Balaban J connectivity index is 2.23. The van der Waals surface area contributed by atoms with Crippen LogP contribution in [0.15, 0.2) is 16.8 Å². The smallest absolute Gasteiger partial charge is 0.275 e. The van der Waals surface area contributed by atoms with Gasteiger partial charge in [0.15, 0.2) is 5.82 Å². The Morgan fingerprint density at radius 3 is 3.15 bits per heavy atom. The largest absolute Gasteiger partial charge is 0.332 e. The summed E-state index contributed by atoms with van der Waals surface area (Å²) in [7, 11) is 0. The molecule has 2 aromatic heterocycles. The van der Waals surface area contributed by atoms with Gasteiger partial charge in [-0.25, -0.2) is 0 Å². The molecule has 2 aromatic rings. The molecule has 68 valence electrons. The number of nitrogens with zero attached hydrogens (tertiary/aromatic N) is 3. The van der Waals surface area contributed by atoms with Crippen molar-refractivity contribution in [1.29, 1.82) is 0 Å². The second-order valence-electron chi connectivity index (χ2n) is 2.52. The molecular formula is C7H9N5O. The number of nitrogens with two attached hydrogens (primary N) is 1. The Labute approximate surface area is 74.1 Å². The highest BCUT2D eigenvalue weighted by Gasteiger charge is 2.08. The highest BCUT2D eigenvalue weighted by atomic mass is 16.5. The predicted octanol–water partition coefficient (Wildman–Crippen LogP) is -0.0391. The van der Waals surface area contributed by atoms with Crippen LogP contribution in [0.4, 0.5) is 0 Å². The fraction of sp³-hybridized carbons (Fsp3) is 0.286. The third-order valence-corrected chi connectivity index (χ3v) is 1.57. The van der Waals surface area contributed by atoms with Crippen molar-refractivity contribution in [1.82, 2.24) is 20.3 Å². The summed E-state index contributed by atoms with van der Waals surface area (Å²) in [6.45, 7) is 0.516. The maximum absolute atomic E-state index is 5.35. The Hall–Kier alpha value is -1.69. The molecule has 0 aliphatic heterocycles. The molecule has 2 heterocycles. The molecule has 6 heteroatoms. The minimum atomic E-state index is 0.445. The van der Waals surface area contributed by atoms with Crippen LogP contribution in [0.1, 0.15) is 5.82 Å². The highest BCUT2D eigenvalue weighted by molar-refractivity contribution is 5.44. The number of rotatable bonds is 3. The molecule has 0 aromatic carbocycles. The predicted molar refractivity (Wildman–Crippen MR) is 44.6 cm³/mol. The van der Waals surface area contributed by atoms with Crippen LogP contribution in [0.3, 0.4) is 0 Å². The van der Waals surface area contributed by atoms with Crippen molar-refractivity contribution in [3.8, 4) is 11.6 Å². The van der Waals surface area contributed by atoms with Gasteiger partial charge in [0.2, 0.25) is 0 Å². The number of H-pyrrole nitrogens is 1. The average molecular weight is 179 g/mol. The van der Waals surface area contributed by atoms with Gasteiger partial charge in [-0.1, -0.05) is 5.16 Å². The quantitative estimate of drug-likeness (QED) is 0.689. The molecule has 0 aliphatic rings. The van der Waals surface area contributed by atoms with Crippen LogP contribution in [0, 0.1) is 0 Å². The summed E-state index contributed by atoms with van der Waals surface area (Å²) in [5, 5.41) is 10.3. The van der Waals surface area contributed by atoms with E-state index in [1.165, 1.54) is 0 Å². The topological polar surface area (TPSA) is 93.6 Å². The zero-order valence-electron chi connectivity index (χ0n) is 6.90. The van der Waals surface area contributed by atoms with Gasteiger partial charge >= 0.3 is 0 Å². The first-order chi connectivity index (χ1) is 6.40. The fourth-order valence-electron chi connectivity index (χ4n) is 0.969. The Kier molecular flexibility index (Phi) is 2.05. The van der Waals surface area contributed by atoms with E-state index in [2.05, 4.69) is 20.3 Å². The molecule has 0 atom stereocenters. The third-order valence-electron chi connectivity index (χ3n) is 1.57. The normalized spacial score (nSPS) is 10.5. The summed E-state index contributed by atoms with van der Waals surface area (Å²) in [5.41, 5.74) is 6.06. The van der Waals surface area contributed by atoms with E-state index < -0.39 is 0 Å². The van der Waals surface area contributed by atoms with E-state index >= 15 is 0 Å². The van der Waals surface area contributed by atoms with Crippen LogP contribution >= 0.6 is 0 Å². The SMILES string of the molecule is NCCc1noc(-c2ccn[nH]2)n1. The molecule has 3 N–H and O–H groups in total. The van der Waals surface area contributed by atoms with Gasteiger partial charge in [-0.05, 0) is 12.6 Å². The molecule has 0 saturated carbocycles. The summed E-state index contributed by atoms with van der Waals surface area (Å²) < 4.78 is 4.97. The summed E-state index contributed by atoms with van der Waals surface area (Å²) in [4.78, 5) is 4.11. The van der Waals surface area contributed by atoms with Crippen molar-refractivity contribution < 1.29 is 4.52 Å². The number of hydrogen-bond acceptors (Lipinski definition) is 5. The Morgan fingerprint density at radius 1 is 1.54 bits per heavy atom. The number of aromatic nitrogens is 4. The number of aromatic amines is 1. The van der Waals surface area contributed by atoms with Crippen molar-refractivity contribution in [2.24, 2.45) is 5.73 Å². The first-order valence-electron chi connectivity index (χ1n) is 3.92. The number of nitrogens with one attached hydrogen (secondary N) is 1. The van der Waals surface area contributed by atoms with Crippen LogP contribution in [0.5, 0.6) is 0 Å². The van der Waals surface area contributed by atoms with Gasteiger partial charge in [0.05, 0.1) is 0 Å². The first kappa shape index (κ1) is 7.93. The molecule has 0 saturated heterocycles. The zero-order chi connectivity index (χ0) is 9.10. The molecule has 6 nitrogen and oxygen atoms in total. The molecule has 0 spiro atoms. The van der Waals surface area contributed by atoms with Crippen LogP contribution in [-0.2, 0) is 6.42 Å². The van der Waals surface area contributed by atoms with Crippen molar-refractivity contribution in [2.75, 3.05) is 6.54 Å². The van der Waals surface area contributed by atoms with Gasteiger partial charge in [-0.2, -0.15) is 10.1 Å². The minimum Gasteiger partial charge on any atom is -0.332 e. The van der Waals surface area contributed by atoms with E-state index in [0.717, 1.165) is 5.69 Å². The van der Waals surface area contributed by atoms with E-state index in [9.17, 15) is 0 Å². The van der Waals surface area contributed by atoms with Gasteiger partial charge in [0.25, 0.3) is 5.89 Å². The van der Waals surface area contributed by atoms with Gasteiger partial charge in [0, 0.05) is 12.6 Å². The van der Waals surface area contributed by atoms with E-state index in [1.807, 2.05) is 0 Å². The third kappa shape index (κ3) is 1.57. The molecule has 0 unspecified atom stereocenters. The van der Waals surface area contributed by atoms with E-state index in [-0.39, 0.29) is 0 Å². The maximum atomic E-state index is 5.35. The maximum Gasteiger partial charge on any atom is 0.275 e. The molecule has 0 radical (unpaired) electrons. The molecule has 0 bridgehead atoms. The van der Waals surface area contributed by atoms with Crippen LogP contribution in [0.25, 0.3) is 11.6 Å². The molecule has 0 aliphatic carbocycles. The molecule has 2 rings (SSSR count). The van der Waals surface area contributed by atoms with Crippen molar-refractivity contribution >= 4 is 0 Å². The monoisotopic (exact) mass is 179 g/mol. The standard InChI is InChI=1S/C7H9N5O/c8-3-1-6-10-7(13-12-6)5-2-4-9-11-5/h2,4H,1,3,8H2,(H,9,11). The molecule has 13 heavy (non-hydrogen) atoms. The Morgan fingerprint density at radius 2 is 2.46 bits per heavy atom. The van der Waals surface area contributed by atoms with Crippen molar-refractivity contribution in [2.45, 2.75) is 6.42 Å². The van der Waals surface area contributed by atoms with Crippen molar-refractivity contribution in [3.05, 3.63) is 18.1 Å². The summed E-state index contributed by atoms with van der Waals surface area (Å²) >= 11 is 0. The first-order valence-corrected chi connectivity index (χ1v) is 3.92. The van der Waals surface area contributed by atoms with Crippen LogP contribution < -0.4 is 5.73 Å². The summed E-state index contributed by atoms with van der Waals surface area (Å²) in [6.07, 6.45) is 2.25. The summed E-state index contributed by atoms with van der Waals surface area (Å²) in [5.74, 6) is 1.06. The van der Waals surface area contributed by atoms with Gasteiger partial charge < -0.3 is 10.3 Å². The van der Waals surface area contributed by atoms with Gasteiger partial charge in [-0.3, -0.25) is 5.10 Å². The lowest BCUT2D eigenvalue weighted by Gasteiger charge is -1.84. The van der Waals surface area contributed by atoms with E-state index in [0.29, 0.717) is 24.7 Å². The van der Waals surface area contributed by atoms with Gasteiger partial charge in [-0.15, -0.1) is 0 Å². The lowest BCUT2D eigenvalue weighted by Crippen LogP contribution is -2.03. The fourth-order valence-corrected chi connectivity index (χ4v) is 0.969. The van der Waals surface area contributed by atoms with E-state index in [1.54, 1.807) is 12.3 Å². The average Bonchev–Trinajstić information content (AvgIpc) is 2.70. The second kappa shape index (κ2) is 3.36. The zero-order valence-corrected chi connectivity index (χ0v) is 6.90.